The van der Waals surface area contributed by atoms with E-state index in [9.17, 15) is 9.59 Å². The highest BCUT2D eigenvalue weighted by molar-refractivity contribution is 6.00. The summed E-state index contributed by atoms with van der Waals surface area (Å²) in [6, 6.07) is -0.220. The molecule has 2 amide bonds. The first kappa shape index (κ1) is 7.21. The number of rotatable bonds is 0. The molecule has 56 valence electrons. The fourth-order valence-electron chi connectivity index (χ4n) is 0.860. The summed E-state index contributed by atoms with van der Waals surface area (Å²) in [6.07, 6.45) is 0. The van der Waals surface area contributed by atoms with E-state index in [1.165, 1.54) is 7.05 Å². The van der Waals surface area contributed by atoms with Gasteiger partial charge in [0.2, 0.25) is 11.8 Å². The molecule has 0 aromatic rings. The van der Waals surface area contributed by atoms with E-state index in [4.69, 9.17) is 0 Å². The molecule has 1 unspecified atom stereocenters. The van der Waals surface area contributed by atoms with Gasteiger partial charge in [-0.05, 0) is 6.92 Å². The van der Waals surface area contributed by atoms with Gasteiger partial charge in [-0.15, -0.1) is 0 Å². The first-order valence-electron chi connectivity index (χ1n) is 3.16. The standard InChI is InChI=1S/C6H10N2O2/c1-4-6(10)8(2)5(9)3-7-4/h4,7H,3H2,1-2H3. The molecule has 0 aliphatic carbocycles. The van der Waals surface area contributed by atoms with Crippen molar-refractivity contribution in [2.75, 3.05) is 13.6 Å². The first-order valence-corrected chi connectivity index (χ1v) is 3.16. The van der Waals surface area contributed by atoms with Crippen LogP contribution in [0.15, 0.2) is 0 Å². The van der Waals surface area contributed by atoms with Crippen LogP contribution in [0.5, 0.6) is 0 Å². The van der Waals surface area contributed by atoms with Crippen molar-refractivity contribution in [3.05, 3.63) is 0 Å². The fourth-order valence-corrected chi connectivity index (χ4v) is 0.860. The Labute approximate surface area is 59.2 Å². The first-order chi connectivity index (χ1) is 4.63. The molecule has 1 N–H and O–H groups in total. The van der Waals surface area contributed by atoms with Crippen LogP contribution in [0.4, 0.5) is 0 Å². The zero-order valence-corrected chi connectivity index (χ0v) is 6.05. The number of nitrogens with one attached hydrogen (secondary N) is 1. The SMILES string of the molecule is CC1NCC(=O)N(C)C1=O. The number of carbonyl (C=O) groups is 2. The molecule has 0 radical (unpaired) electrons. The van der Waals surface area contributed by atoms with Crippen molar-refractivity contribution in [1.29, 1.82) is 0 Å². The van der Waals surface area contributed by atoms with Gasteiger partial charge in [0.15, 0.2) is 0 Å². The Morgan fingerprint density at radius 3 is 2.70 bits per heavy atom. The summed E-state index contributed by atoms with van der Waals surface area (Å²) in [5.74, 6) is -0.320. The summed E-state index contributed by atoms with van der Waals surface area (Å²) in [5, 5.41) is 2.77. The lowest BCUT2D eigenvalue weighted by molar-refractivity contribution is -0.147. The minimum absolute atomic E-state index is 0.156. The summed E-state index contributed by atoms with van der Waals surface area (Å²) >= 11 is 0. The highest BCUT2D eigenvalue weighted by atomic mass is 16.2. The largest absolute Gasteiger partial charge is 0.298 e. The van der Waals surface area contributed by atoms with E-state index < -0.39 is 0 Å². The van der Waals surface area contributed by atoms with Gasteiger partial charge in [0.1, 0.15) is 0 Å². The lowest BCUT2D eigenvalue weighted by Crippen LogP contribution is -2.55. The molecule has 0 aromatic heterocycles. The molecule has 1 atom stereocenters. The molecular weight excluding hydrogens is 132 g/mol. The Bertz CT molecular complexity index is 179. The fraction of sp³-hybridized carbons (Fsp3) is 0.667. The van der Waals surface area contributed by atoms with E-state index in [0.717, 1.165) is 4.90 Å². The van der Waals surface area contributed by atoms with Gasteiger partial charge in [0.25, 0.3) is 0 Å². The zero-order valence-electron chi connectivity index (χ0n) is 6.05. The monoisotopic (exact) mass is 142 g/mol. The normalized spacial score (nSPS) is 27.4. The maximum Gasteiger partial charge on any atom is 0.245 e. The molecule has 1 fully saturated rings. The highest BCUT2D eigenvalue weighted by Crippen LogP contribution is 1.97. The third-order valence-corrected chi connectivity index (χ3v) is 1.63. The van der Waals surface area contributed by atoms with Crippen LogP contribution in [-0.2, 0) is 9.59 Å². The number of nitrogens with zero attached hydrogens (tertiary/aromatic N) is 1. The Hall–Kier alpha value is -0.900. The second-order valence-corrected chi connectivity index (χ2v) is 2.39. The highest BCUT2D eigenvalue weighted by Gasteiger charge is 2.27. The molecule has 1 rings (SSSR count). The average molecular weight is 142 g/mol. The van der Waals surface area contributed by atoms with Gasteiger partial charge >= 0.3 is 0 Å². The van der Waals surface area contributed by atoms with Crippen LogP contribution in [0, 0.1) is 0 Å². The predicted octanol–water partition coefficient (Wildman–Crippen LogP) is -1.04. The van der Waals surface area contributed by atoms with Gasteiger partial charge in [0, 0.05) is 7.05 Å². The summed E-state index contributed by atoms with van der Waals surface area (Å²) in [5.41, 5.74) is 0. The second-order valence-electron chi connectivity index (χ2n) is 2.39. The van der Waals surface area contributed by atoms with Gasteiger partial charge in [-0.1, -0.05) is 0 Å². The molecule has 0 aromatic carbocycles. The van der Waals surface area contributed by atoms with Crippen molar-refractivity contribution in [2.24, 2.45) is 0 Å². The lowest BCUT2D eigenvalue weighted by Gasteiger charge is -2.25. The maximum atomic E-state index is 11.0. The second kappa shape index (κ2) is 2.38. The van der Waals surface area contributed by atoms with Gasteiger partial charge in [-0.3, -0.25) is 19.8 Å². The average Bonchev–Trinajstić information content (AvgIpc) is 1.93. The van der Waals surface area contributed by atoms with E-state index in [1.54, 1.807) is 6.92 Å². The van der Waals surface area contributed by atoms with Crippen LogP contribution in [0.25, 0.3) is 0 Å². The quantitative estimate of drug-likeness (QED) is 0.440. The van der Waals surface area contributed by atoms with Crippen LogP contribution in [-0.4, -0.2) is 36.3 Å². The molecule has 10 heavy (non-hydrogen) atoms. The summed E-state index contributed by atoms with van der Waals surface area (Å²) < 4.78 is 0. The Morgan fingerprint density at radius 2 is 2.20 bits per heavy atom. The van der Waals surface area contributed by atoms with Crippen LogP contribution in [0.3, 0.4) is 0 Å². The minimum atomic E-state index is -0.220. The van der Waals surface area contributed by atoms with E-state index in [0.29, 0.717) is 0 Å². The third-order valence-electron chi connectivity index (χ3n) is 1.63. The smallest absolute Gasteiger partial charge is 0.245 e. The van der Waals surface area contributed by atoms with Gasteiger partial charge in [-0.25, -0.2) is 0 Å². The van der Waals surface area contributed by atoms with Crippen molar-refractivity contribution in [3.8, 4) is 0 Å². The Kier molecular flexibility index (Phi) is 1.72. The van der Waals surface area contributed by atoms with E-state index in [-0.39, 0.29) is 24.4 Å². The van der Waals surface area contributed by atoms with Gasteiger partial charge in [0.05, 0.1) is 12.6 Å². The molecule has 0 saturated carbocycles. The molecule has 0 spiro atoms. The van der Waals surface area contributed by atoms with Gasteiger partial charge < -0.3 is 0 Å². The molecule has 1 aliphatic heterocycles. The number of hydrogen-bond donors (Lipinski definition) is 1. The number of carbonyl (C=O) groups excluding carboxylic acids is 2. The number of amides is 2. The van der Waals surface area contributed by atoms with E-state index in [1.807, 2.05) is 0 Å². The molecule has 4 heteroatoms. The summed E-state index contributed by atoms with van der Waals surface area (Å²) in [7, 11) is 1.50. The van der Waals surface area contributed by atoms with Crippen molar-refractivity contribution in [1.82, 2.24) is 10.2 Å². The van der Waals surface area contributed by atoms with Crippen molar-refractivity contribution < 1.29 is 9.59 Å². The summed E-state index contributed by atoms with van der Waals surface area (Å²) in [4.78, 5) is 22.9. The van der Waals surface area contributed by atoms with Crippen LogP contribution >= 0.6 is 0 Å². The lowest BCUT2D eigenvalue weighted by atomic mass is 10.2. The summed E-state index contributed by atoms with van der Waals surface area (Å²) in [6.45, 7) is 2.01. The number of likely N-dealkylation sites (N-methyl/N-ethyl adjacent to an activating group) is 1. The maximum absolute atomic E-state index is 11.0. The number of hydrogen-bond acceptors (Lipinski definition) is 3. The van der Waals surface area contributed by atoms with Crippen molar-refractivity contribution in [3.63, 3.8) is 0 Å². The number of piperazine rings is 1. The van der Waals surface area contributed by atoms with Crippen LogP contribution in [0.1, 0.15) is 6.92 Å². The zero-order chi connectivity index (χ0) is 7.72. The molecule has 0 bridgehead atoms. The molecule has 4 nitrogen and oxygen atoms in total. The molecule has 1 saturated heterocycles. The van der Waals surface area contributed by atoms with E-state index in [2.05, 4.69) is 5.32 Å². The van der Waals surface area contributed by atoms with Crippen LogP contribution in [0.2, 0.25) is 0 Å². The van der Waals surface area contributed by atoms with Crippen molar-refractivity contribution in [2.45, 2.75) is 13.0 Å². The topological polar surface area (TPSA) is 49.4 Å². The Balaban J connectivity index is 2.70. The molecule has 1 aliphatic rings. The molecular formula is C6H10N2O2. The van der Waals surface area contributed by atoms with Crippen LogP contribution < -0.4 is 5.32 Å². The predicted molar refractivity (Wildman–Crippen MR) is 35.2 cm³/mol. The number of imide groups is 1. The molecule has 1 heterocycles. The van der Waals surface area contributed by atoms with E-state index >= 15 is 0 Å². The minimum Gasteiger partial charge on any atom is -0.298 e. The third kappa shape index (κ3) is 1.02. The van der Waals surface area contributed by atoms with Gasteiger partial charge in [-0.2, -0.15) is 0 Å². The Morgan fingerprint density at radius 1 is 1.60 bits per heavy atom. The van der Waals surface area contributed by atoms with Crippen molar-refractivity contribution >= 4 is 11.8 Å².